The van der Waals surface area contributed by atoms with Gasteiger partial charge >= 0.3 is 0 Å². The van der Waals surface area contributed by atoms with Crippen LogP contribution in [0.25, 0.3) is 6.08 Å². The predicted octanol–water partition coefficient (Wildman–Crippen LogP) is 4.72. The molecule has 0 unspecified atom stereocenters. The van der Waals surface area contributed by atoms with E-state index in [0.29, 0.717) is 5.75 Å². The summed E-state index contributed by atoms with van der Waals surface area (Å²) in [5.74, 6) is 0.367. The van der Waals surface area contributed by atoms with Crippen LogP contribution in [-0.4, -0.2) is 5.11 Å². The summed E-state index contributed by atoms with van der Waals surface area (Å²) in [6.07, 6.45) is 8.71. The van der Waals surface area contributed by atoms with Crippen molar-refractivity contribution in [3.63, 3.8) is 0 Å². The van der Waals surface area contributed by atoms with E-state index in [1.54, 1.807) is 12.1 Å². The van der Waals surface area contributed by atoms with Gasteiger partial charge in [-0.25, -0.2) is 0 Å². The molecule has 1 N–H and O–H groups in total. The van der Waals surface area contributed by atoms with Crippen LogP contribution < -0.4 is 0 Å². The third-order valence-corrected chi connectivity index (χ3v) is 3.22. The fourth-order valence-electron chi connectivity index (χ4n) is 2.18. The molecule has 94 valence electrons. The van der Waals surface area contributed by atoms with Gasteiger partial charge in [0.2, 0.25) is 0 Å². The third kappa shape index (κ3) is 3.62. The molecule has 0 amide bonds. The molecule has 1 nitrogen and oxygen atoms in total. The Hall–Kier alpha value is -1.24. The van der Waals surface area contributed by atoms with E-state index in [-0.39, 0.29) is 0 Å². The van der Waals surface area contributed by atoms with Gasteiger partial charge in [0.05, 0.1) is 0 Å². The molecule has 17 heavy (non-hydrogen) atoms. The summed E-state index contributed by atoms with van der Waals surface area (Å²) in [6, 6.07) is 3.88. The summed E-state index contributed by atoms with van der Waals surface area (Å²) in [5, 5.41) is 9.87. The Morgan fingerprint density at radius 2 is 1.76 bits per heavy atom. The third-order valence-electron chi connectivity index (χ3n) is 3.22. The van der Waals surface area contributed by atoms with Crippen molar-refractivity contribution < 1.29 is 5.11 Å². The van der Waals surface area contributed by atoms with Crippen LogP contribution in [0.2, 0.25) is 0 Å². The van der Waals surface area contributed by atoms with Crippen molar-refractivity contribution in [3.8, 4) is 5.75 Å². The van der Waals surface area contributed by atoms with Crippen molar-refractivity contribution in [2.24, 2.45) is 0 Å². The van der Waals surface area contributed by atoms with Crippen LogP contribution in [0.3, 0.4) is 0 Å². The zero-order chi connectivity index (χ0) is 12.7. The van der Waals surface area contributed by atoms with E-state index in [4.69, 9.17) is 0 Å². The number of rotatable bonds is 7. The molecule has 0 saturated heterocycles. The van der Waals surface area contributed by atoms with E-state index in [1.165, 1.54) is 36.8 Å². The molecular formula is C16H24O. The zero-order valence-electron chi connectivity index (χ0n) is 11.1. The Morgan fingerprint density at radius 3 is 2.35 bits per heavy atom. The van der Waals surface area contributed by atoms with Crippen molar-refractivity contribution in [1.29, 1.82) is 0 Å². The molecule has 0 aliphatic carbocycles. The fraction of sp³-hybridized carbons (Fsp3) is 0.500. The van der Waals surface area contributed by atoms with Gasteiger partial charge in [-0.3, -0.25) is 0 Å². The van der Waals surface area contributed by atoms with E-state index >= 15 is 0 Å². The largest absolute Gasteiger partial charge is 0.507 e. The second-order valence-corrected chi connectivity index (χ2v) is 4.55. The van der Waals surface area contributed by atoms with Crippen molar-refractivity contribution in [1.82, 2.24) is 0 Å². The predicted molar refractivity (Wildman–Crippen MR) is 75.4 cm³/mol. The maximum absolute atomic E-state index is 9.87. The number of unbranched alkanes of at least 4 members (excludes halogenated alkanes) is 2. The normalized spacial score (nSPS) is 10.5. The van der Waals surface area contributed by atoms with Gasteiger partial charge in [0.25, 0.3) is 0 Å². The number of hydrogen-bond acceptors (Lipinski definition) is 1. The lowest BCUT2D eigenvalue weighted by molar-refractivity contribution is 0.472. The SMILES string of the molecule is C=Cc1c(O)ccc(CCCC)c1CCCC. The molecule has 0 aromatic heterocycles. The minimum Gasteiger partial charge on any atom is -0.507 e. The smallest absolute Gasteiger partial charge is 0.123 e. The molecule has 0 saturated carbocycles. The van der Waals surface area contributed by atoms with E-state index in [9.17, 15) is 5.11 Å². The first-order valence-corrected chi connectivity index (χ1v) is 6.70. The summed E-state index contributed by atoms with van der Waals surface area (Å²) >= 11 is 0. The standard InChI is InChI=1S/C16H24O/c1-4-7-9-13-11-12-16(17)14(6-3)15(13)10-8-5-2/h6,11-12,17H,3-5,7-10H2,1-2H3. The van der Waals surface area contributed by atoms with Crippen LogP contribution in [0.4, 0.5) is 0 Å². The number of phenolic OH excluding ortho intramolecular Hbond substituents is 1. The molecule has 1 aromatic carbocycles. The summed E-state index contributed by atoms with van der Waals surface area (Å²) in [6.45, 7) is 8.23. The van der Waals surface area contributed by atoms with Crippen LogP contribution in [0, 0.1) is 0 Å². The Balaban J connectivity index is 3.05. The lowest BCUT2D eigenvalue weighted by atomic mass is 9.92. The molecule has 0 heterocycles. The Morgan fingerprint density at radius 1 is 1.12 bits per heavy atom. The summed E-state index contributed by atoms with van der Waals surface area (Å²) in [7, 11) is 0. The average molecular weight is 232 g/mol. The van der Waals surface area contributed by atoms with Gasteiger partial charge in [0.15, 0.2) is 0 Å². The average Bonchev–Trinajstić information content (AvgIpc) is 2.35. The molecule has 1 rings (SSSR count). The van der Waals surface area contributed by atoms with E-state index < -0.39 is 0 Å². The van der Waals surface area contributed by atoms with Crippen LogP contribution >= 0.6 is 0 Å². The van der Waals surface area contributed by atoms with Crippen molar-refractivity contribution in [2.75, 3.05) is 0 Å². The van der Waals surface area contributed by atoms with E-state index in [1.807, 2.05) is 0 Å². The first kappa shape index (κ1) is 13.8. The highest BCUT2D eigenvalue weighted by Crippen LogP contribution is 2.28. The van der Waals surface area contributed by atoms with Gasteiger partial charge < -0.3 is 5.11 Å². The molecule has 1 heteroatoms. The molecule has 0 atom stereocenters. The lowest BCUT2D eigenvalue weighted by Gasteiger charge is -2.14. The second kappa shape index (κ2) is 7.16. The van der Waals surface area contributed by atoms with Gasteiger partial charge in [-0.1, -0.05) is 45.4 Å². The highest BCUT2D eigenvalue weighted by Gasteiger charge is 2.09. The van der Waals surface area contributed by atoms with Gasteiger partial charge in [0, 0.05) is 5.56 Å². The number of aryl methyl sites for hydroxylation is 1. The molecular weight excluding hydrogens is 208 g/mol. The highest BCUT2D eigenvalue weighted by molar-refractivity contribution is 5.61. The topological polar surface area (TPSA) is 20.2 Å². The monoisotopic (exact) mass is 232 g/mol. The van der Waals surface area contributed by atoms with Crippen molar-refractivity contribution >= 4 is 6.08 Å². The lowest BCUT2D eigenvalue weighted by Crippen LogP contribution is -1.98. The van der Waals surface area contributed by atoms with Gasteiger partial charge in [-0.15, -0.1) is 0 Å². The number of hydrogen-bond donors (Lipinski definition) is 1. The number of aromatic hydroxyl groups is 1. The molecule has 0 fully saturated rings. The molecule has 0 aliphatic heterocycles. The fourth-order valence-corrected chi connectivity index (χ4v) is 2.18. The van der Waals surface area contributed by atoms with Gasteiger partial charge in [0.1, 0.15) is 5.75 Å². The second-order valence-electron chi connectivity index (χ2n) is 4.55. The zero-order valence-corrected chi connectivity index (χ0v) is 11.1. The Bertz CT molecular complexity index is 366. The molecule has 0 aliphatic rings. The minimum absolute atomic E-state index is 0.367. The molecule has 0 spiro atoms. The Kier molecular flexibility index (Phi) is 5.82. The summed E-state index contributed by atoms with van der Waals surface area (Å²) in [4.78, 5) is 0. The van der Waals surface area contributed by atoms with E-state index in [2.05, 4.69) is 26.5 Å². The van der Waals surface area contributed by atoms with Crippen LogP contribution in [0.5, 0.6) is 5.75 Å². The van der Waals surface area contributed by atoms with Crippen molar-refractivity contribution in [2.45, 2.75) is 52.4 Å². The van der Waals surface area contributed by atoms with Crippen LogP contribution in [-0.2, 0) is 12.8 Å². The molecule has 1 aromatic rings. The van der Waals surface area contributed by atoms with E-state index in [0.717, 1.165) is 18.4 Å². The maximum atomic E-state index is 9.87. The van der Waals surface area contributed by atoms with Crippen LogP contribution in [0.1, 0.15) is 56.2 Å². The Labute approximate surface area is 105 Å². The summed E-state index contributed by atoms with van der Waals surface area (Å²) in [5.41, 5.74) is 3.62. The maximum Gasteiger partial charge on any atom is 0.123 e. The number of benzene rings is 1. The van der Waals surface area contributed by atoms with Gasteiger partial charge in [-0.2, -0.15) is 0 Å². The van der Waals surface area contributed by atoms with Gasteiger partial charge in [-0.05, 0) is 42.9 Å². The molecule has 0 radical (unpaired) electrons. The first-order valence-electron chi connectivity index (χ1n) is 6.70. The first-order chi connectivity index (χ1) is 8.24. The quantitative estimate of drug-likeness (QED) is 0.721. The van der Waals surface area contributed by atoms with Crippen LogP contribution in [0.15, 0.2) is 18.7 Å². The highest BCUT2D eigenvalue weighted by atomic mass is 16.3. The van der Waals surface area contributed by atoms with Crippen molar-refractivity contribution in [3.05, 3.63) is 35.4 Å². The summed E-state index contributed by atoms with van der Waals surface area (Å²) < 4.78 is 0. The minimum atomic E-state index is 0.367. The molecule has 0 bridgehead atoms. The number of phenols is 1.